The summed E-state index contributed by atoms with van der Waals surface area (Å²) < 4.78 is 0. The summed E-state index contributed by atoms with van der Waals surface area (Å²) in [6, 6.07) is 7.76. The summed E-state index contributed by atoms with van der Waals surface area (Å²) in [5.41, 5.74) is 1.92. The number of rotatable bonds is 4. The summed E-state index contributed by atoms with van der Waals surface area (Å²) in [5.74, 6) is 0.826. The van der Waals surface area contributed by atoms with Gasteiger partial charge >= 0.3 is 0 Å². The number of likely N-dealkylation sites (tertiary alicyclic amines) is 1. The smallest absolute Gasteiger partial charge is 0.227 e. The third-order valence-electron chi connectivity index (χ3n) is 4.68. The largest absolute Gasteiger partial charge is 0.340 e. The standard InChI is InChI=1S/C19H23ClN4O/c1-14-11-21-19(22-12-14)23(2)16-7-5-9-24(13-16)18(25)10-15-6-3-4-8-17(15)20/h3-4,6,8,11-12,16H,5,7,9-10,13H2,1-2H3. The fraction of sp³-hybridized carbons (Fsp3) is 0.421. The number of amides is 1. The molecule has 25 heavy (non-hydrogen) atoms. The number of nitrogens with zero attached hydrogens (tertiary/aromatic N) is 4. The van der Waals surface area contributed by atoms with Crippen molar-refractivity contribution in [2.75, 3.05) is 25.0 Å². The normalized spacial score (nSPS) is 17.4. The van der Waals surface area contributed by atoms with Gasteiger partial charge in [0, 0.05) is 43.6 Å². The first-order valence-electron chi connectivity index (χ1n) is 8.57. The fourth-order valence-electron chi connectivity index (χ4n) is 3.15. The van der Waals surface area contributed by atoms with E-state index in [0.29, 0.717) is 23.9 Å². The van der Waals surface area contributed by atoms with Gasteiger partial charge in [-0.25, -0.2) is 9.97 Å². The van der Waals surface area contributed by atoms with E-state index in [-0.39, 0.29) is 11.9 Å². The Balaban J connectivity index is 1.65. The molecule has 0 saturated carbocycles. The molecular formula is C19H23ClN4O. The third kappa shape index (κ3) is 4.28. The Labute approximate surface area is 153 Å². The van der Waals surface area contributed by atoms with Crippen molar-refractivity contribution in [3.8, 4) is 0 Å². The summed E-state index contributed by atoms with van der Waals surface area (Å²) in [4.78, 5) is 25.5. The van der Waals surface area contributed by atoms with Crippen molar-refractivity contribution < 1.29 is 4.79 Å². The minimum atomic E-state index is 0.121. The molecule has 1 amide bonds. The predicted molar refractivity (Wildman–Crippen MR) is 99.9 cm³/mol. The van der Waals surface area contributed by atoms with E-state index in [4.69, 9.17) is 11.6 Å². The molecule has 0 spiro atoms. The number of piperidine rings is 1. The van der Waals surface area contributed by atoms with Gasteiger partial charge in [-0.15, -0.1) is 0 Å². The van der Waals surface area contributed by atoms with Crippen molar-refractivity contribution in [3.63, 3.8) is 0 Å². The molecule has 1 aliphatic heterocycles. The lowest BCUT2D eigenvalue weighted by Gasteiger charge is -2.37. The van der Waals surface area contributed by atoms with E-state index in [1.165, 1.54) is 0 Å². The van der Waals surface area contributed by atoms with E-state index in [1.807, 2.05) is 55.5 Å². The topological polar surface area (TPSA) is 49.3 Å². The lowest BCUT2D eigenvalue weighted by Crippen LogP contribution is -2.49. The van der Waals surface area contributed by atoms with Gasteiger partial charge in [0.05, 0.1) is 6.42 Å². The maximum atomic E-state index is 12.7. The van der Waals surface area contributed by atoms with Crippen molar-refractivity contribution in [3.05, 3.63) is 52.8 Å². The second-order valence-electron chi connectivity index (χ2n) is 6.58. The number of anilines is 1. The van der Waals surface area contributed by atoms with Crippen molar-refractivity contribution in [2.24, 2.45) is 0 Å². The van der Waals surface area contributed by atoms with Crippen LogP contribution in [0.25, 0.3) is 0 Å². The van der Waals surface area contributed by atoms with E-state index < -0.39 is 0 Å². The lowest BCUT2D eigenvalue weighted by atomic mass is 10.0. The number of likely N-dealkylation sites (N-methyl/N-ethyl adjacent to an activating group) is 1. The Kier molecular flexibility index (Phi) is 5.53. The summed E-state index contributed by atoms with van der Waals surface area (Å²) >= 11 is 6.18. The molecule has 1 aromatic carbocycles. The Morgan fingerprint density at radius 3 is 2.76 bits per heavy atom. The molecule has 0 aliphatic carbocycles. The average molecular weight is 359 g/mol. The van der Waals surface area contributed by atoms with Gasteiger partial charge in [-0.2, -0.15) is 0 Å². The van der Waals surface area contributed by atoms with Crippen LogP contribution in [0.1, 0.15) is 24.0 Å². The number of hydrogen-bond acceptors (Lipinski definition) is 4. The molecule has 6 heteroatoms. The summed E-state index contributed by atoms with van der Waals surface area (Å²) in [5, 5.41) is 0.648. The highest BCUT2D eigenvalue weighted by Gasteiger charge is 2.27. The maximum absolute atomic E-state index is 12.7. The number of carbonyl (C=O) groups excluding carboxylic acids is 1. The summed E-state index contributed by atoms with van der Waals surface area (Å²) in [6.07, 6.45) is 6.00. The maximum Gasteiger partial charge on any atom is 0.227 e. The zero-order chi connectivity index (χ0) is 17.8. The molecule has 132 valence electrons. The van der Waals surface area contributed by atoms with Crippen LogP contribution >= 0.6 is 11.6 Å². The van der Waals surface area contributed by atoms with Gasteiger partial charge in [0.15, 0.2) is 0 Å². The van der Waals surface area contributed by atoms with Crippen LogP contribution in [0.2, 0.25) is 5.02 Å². The van der Waals surface area contributed by atoms with E-state index in [9.17, 15) is 4.79 Å². The van der Waals surface area contributed by atoms with Crippen molar-refractivity contribution >= 4 is 23.5 Å². The lowest BCUT2D eigenvalue weighted by molar-refractivity contribution is -0.131. The Hall–Kier alpha value is -2.14. The predicted octanol–water partition coefficient (Wildman–Crippen LogP) is 3.11. The molecular weight excluding hydrogens is 336 g/mol. The van der Waals surface area contributed by atoms with Crippen molar-refractivity contribution in [1.29, 1.82) is 0 Å². The van der Waals surface area contributed by atoms with E-state index in [0.717, 1.165) is 30.5 Å². The zero-order valence-corrected chi connectivity index (χ0v) is 15.4. The van der Waals surface area contributed by atoms with Crippen LogP contribution in [0, 0.1) is 6.92 Å². The zero-order valence-electron chi connectivity index (χ0n) is 14.7. The van der Waals surface area contributed by atoms with Crippen LogP contribution in [0.15, 0.2) is 36.7 Å². The van der Waals surface area contributed by atoms with Crippen LogP contribution in [-0.4, -0.2) is 47.0 Å². The first-order valence-corrected chi connectivity index (χ1v) is 8.95. The molecule has 1 aromatic heterocycles. The van der Waals surface area contributed by atoms with Gasteiger partial charge in [-0.1, -0.05) is 29.8 Å². The quantitative estimate of drug-likeness (QED) is 0.842. The number of hydrogen-bond donors (Lipinski definition) is 0. The van der Waals surface area contributed by atoms with E-state index in [2.05, 4.69) is 14.9 Å². The van der Waals surface area contributed by atoms with Crippen molar-refractivity contribution in [1.82, 2.24) is 14.9 Å². The number of benzene rings is 1. The van der Waals surface area contributed by atoms with Crippen LogP contribution in [0.3, 0.4) is 0 Å². The van der Waals surface area contributed by atoms with Gasteiger partial charge in [0.1, 0.15) is 0 Å². The van der Waals surface area contributed by atoms with Gasteiger partial charge < -0.3 is 9.80 Å². The molecule has 1 atom stereocenters. The van der Waals surface area contributed by atoms with Gasteiger partial charge in [-0.3, -0.25) is 4.79 Å². The third-order valence-corrected chi connectivity index (χ3v) is 5.05. The first kappa shape index (κ1) is 17.7. The first-order chi connectivity index (χ1) is 12.0. The van der Waals surface area contributed by atoms with Gasteiger partial charge in [-0.05, 0) is 37.0 Å². The molecule has 1 aliphatic rings. The molecule has 2 aromatic rings. The second kappa shape index (κ2) is 7.83. The van der Waals surface area contributed by atoms with Crippen LogP contribution in [0.5, 0.6) is 0 Å². The highest BCUT2D eigenvalue weighted by molar-refractivity contribution is 6.31. The van der Waals surface area contributed by atoms with Gasteiger partial charge in [0.2, 0.25) is 11.9 Å². The molecule has 0 bridgehead atoms. The number of aryl methyl sites for hydroxylation is 1. The van der Waals surface area contributed by atoms with Gasteiger partial charge in [0.25, 0.3) is 0 Å². The average Bonchev–Trinajstić information content (AvgIpc) is 2.64. The number of carbonyl (C=O) groups is 1. The van der Waals surface area contributed by atoms with E-state index in [1.54, 1.807) is 0 Å². The molecule has 1 fully saturated rings. The number of halogens is 1. The highest BCUT2D eigenvalue weighted by Crippen LogP contribution is 2.21. The molecule has 0 radical (unpaired) electrons. The molecule has 0 N–H and O–H groups in total. The van der Waals surface area contributed by atoms with E-state index >= 15 is 0 Å². The number of aromatic nitrogens is 2. The summed E-state index contributed by atoms with van der Waals surface area (Å²) in [6.45, 7) is 3.46. The molecule has 2 heterocycles. The Morgan fingerprint density at radius 2 is 2.04 bits per heavy atom. The minimum absolute atomic E-state index is 0.121. The van der Waals surface area contributed by atoms with Crippen LogP contribution in [-0.2, 0) is 11.2 Å². The van der Waals surface area contributed by atoms with Crippen LogP contribution < -0.4 is 4.90 Å². The summed E-state index contributed by atoms with van der Waals surface area (Å²) in [7, 11) is 2.00. The molecule has 1 saturated heterocycles. The molecule has 3 rings (SSSR count). The monoisotopic (exact) mass is 358 g/mol. The van der Waals surface area contributed by atoms with Crippen LogP contribution in [0.4, 0.5) is 5.95 Å². The molecule has 1 unspecified atom stereocenters. The minimum Gasteiger partial charge on any atom is -0.340 e. The van der Waals surface area contributed by atoms with Crippen molar-refractivity contribution in [2.45, 2.75) is 32.2 Å². The molecule has 5 nitrogen and oxygen atoms in total. The Bertz CT molecular complexity index is 734. The second-order valence-corrected chi connectivity index (χ2v) is 6.98. The SMILES string of the molecule is Cc1cnc(N(C)C2CCCN(C(=O)Cc3ccccc3Cl)C2)nc1. The highest BCUT2D eigenvalue weighted by atomic mass is 35.5. The fourth-order valence-corrected chi connectivity index (χ4v) is 3.35. The Morgan fingerprint density at radius 1 is 1.32 bits per heavy atom.